The van der Waals surface area contributed by atoms with Crippen LogP contribution in [0.1, 0.15) is 48.5 Å². The zero-order chi connectivity index (χ0) is 13.7. The normalized spacial score (nSPS) is 8.24. The van der Waals surface area contributed by atoms with Crippen molar-refractivity contribution < 1.29 is 0 Å². The molecule has 0 aliphatic rings. The molecule has 1 N–H and O–H groups in total. The molecule has 0 radical (unpaired) electrons. The van der Waals surface area contributed by atoms with E-state index >= 15 is 0 Å². The molecule has 0 unspecified atom stereocenters. The van der Waals surface area contributed by atoms with Crippen molar-refractivity contribution in [3.8, 4) is 0 Å². The summed E-state index contributed by atoms with van der Waals surface area (Å²) in [6.45, 7) is 14.5. The van der Waals surface area contributed by atoms with Crippen LogP contribution in [0.5, 0.6) is 0 Å². The molecule has 0 amide bonds. The van der Waals surface area contributed by atoms with Crippen LogP contribution < -0.4 is 0 Å². The van der Waals surface area contributed by atoms with Crippen molar-refractivity contribution in [2.45, 2.75) is 48.5 Å². The zero-order valence-electron chi connectivity index (χ0n) is 12.4. The molecule has 2 heterocycles. The Morgan fingerprint density at radius 2 is 1.53 bits per heavy atom. The molecule has 0 atom stereocenters. The fourth-order valence-electron chi connectivity index (χ4n) is 0.883. The fourth-order valence-corrected chi connectivity index (χ4v) is 0.883. The van der Waals surface area contributed by atoms with Crippen molar-refractivity contribution in [2.24, 2.45) is 5.92 Å². The van der Waals surface area contributed by atoms with Crippen molar-refractivity contribution >= 4 is 11.0 Å². The lowest BCUT2D eigenvalue weighted by atomic mass is 10.3. The number of pyridine rings is 1. The average molecular weight is 236 g/mol. The highest BCUT2D eigenvalue weighted by molar-refractivity contribution is 5.73. The molecular formula is C15H28N2. The molecule has 0 bridgehead atoms. The minimum Gasteiger partial charge on any atom is -0.360 e. The number of hydrogen-bond acceptors (Lipinski definition) is 1. The predicted molar refractivity (Wildman–Crippen MR) is 79.3 cm³/mol. The quantitative estimate of drug-likeness (QED) is 0.662. The van der Waals surface area contributed by atoms with E-state index in [4.69, 9.17) is 0 Å². The Morgan fingerprint density at radius 1 is 1.00 bits per heavy atom. The van der Waals surface area contributed by atoms with Gasteiger partial charge in [0.2, 0.25) is 0 Å². The second-order valence-corrected chi connectivity index (χ2v) is 3.65. The highest BCUT2D eigenvalue weighted by Crippen LogP contribution is 2.05. The monoisotopic (exact) mass is 236 g/mol. The van der Waals surface area contributed by atoms with E-state index in [1.165, 1.54) is 0 Å². The van der Waals surface area contributed by atoms with Gasteiger partial charge in [-0.2, -0.15) is 0 Å². The van der Waals surface area contributed by atoms with Gasteiger partial charge in [-0.25, -0.2) is 0 Å². The molecule has 0 aliphatic carbocycles. The molecule has 0 aliphatic heterocycles. The number of hydrogen-bond donors (Lipinski definition) is 1. The third kappa shape index (κ3) is 9.61. The Hall–Kier alpha value is -1.31. The lowest BCUT2D eigenvalue weighted by Gasteiger charge is -1.82. The van der Waals surface area contributed by atoms with Crippen LogP contribution in [-0.2, 0) is 0 Å². The molecule has 2 rings (SSSR count). The van der Waals surface area contributed by atoms with Gasteiger partial charge in [-0.3, -0.25) is 4.98 Å². The lowest BCUT2D eigenvalue weighted by molar-refractivity contribution is 0.737. The Labute approximate surface area is 106 Å². The van der Waals surface area contributed by atoms with Gasteiger partial charge in [0.25, 0.3) is 0 Å². The summed E-state index contributed by atoms with van der Waals surface area (Å²) in [6, 6.07) is 5.87. The van der Waals surface area contributed by atoms with E-state index in [0.717, 1.165) is 17.0 Å². The van der Waals surface area contributed by atoms with Gasteiger partial charge < -0.3 is 4.98 Å². The molecule has 0 fully saturated rings. The standard InChI is InChI=1S/C7H6N2.C4H10.2C2H6/c1-2-6-7(8-4-1)3-5-9-6;1-4(2)3;2*1-2/h1-5,9H;4H,1-3H3;2*1-2H3. The highest BCUT2D eigenvalue weighted by atomic mass is 14.7. The van der Waals surface area contributed by atoms with Crippen LogP contribution in [0.3, 0.4) is 0 Å². The summed E-state index contributed by atoms with van der Waals surface area (Å²) in [6.07, 6.45) is 3.67. The van der Waals surface area contributed by atoms with Crippen LogP contribution in [0.15, 0.2) is 30.6 Å². The summed E-state index contributed by atoms with van der Waals surface area (Å²) in [5.41, 5.74) is 2.12. The van der Waals surface area contributed by atoms with Gasteiger partial charge >= 0.3 is 0 Å². The first-order valence-corrected chi connectivity index (χ1v) is 6.58. The predicted octanol–water partition coefficient (Wildman–Crippen LogP) is 5.28. The minimum atomic E-state index is 0.833. The molecule has 17 heavy (non-hydrogen) atoms. The SMILES string of the molecule is CC.CC.CC(C)C.c1cnc2cc[nH]c2c1. The van der Waals surface area contributed by atoms with Crippen molar-refractivity contribution in [1.29, 1.82) is 0 Å². The molecular weight excluding hydrogens is 208 g/mol. The maximum absolute atomic E-state index is 4.11. The van der Waals surface area contributed by atoms with Crippen LogP contribution in [-0.4, -0.2) is 9.97 Å². The number of nitrogens with zero attached hydrogens (tertiary/aromatic N) is 1. The van der Waals surface area contributed by atoms with E-state index in [9.17, 15) is 0 Å². The summed E-state index contributed by atoms with van der Waals surface area (Å²) in [5.74, 6) is 0.833. The van der Waals surface area contributed by atoms with E-state index in [1.807, 2.05) is 52.1 Å². The van der Waals surface area contributed by atoms with Crippen molar-refractivity contribution in [3.05, 3.63) is 30.6 Å². The topological polar surface area (TPSA) is 28.7 Å². The highest BCUT2D eigenvalue weighted by Gasteiger charge is 1.88. The van der Waals surface area contributed by atoms with Gasteiger partial charge in [0.1, 0.15) is 0 Å². The van der Waals surface area contributed by atoms with E-state index in [0.29, 0.717) is 0 Å². The Morgan fingerprint density at radius 3 is 2.00 bits per heavy atom. The van der Waals surface area contributed by atoms with Crippen molar-refractivity contribution in [1.82, 2.24) is 9.97 Å². The first-order valence-electron chi connectivity index (χ1n) is 6.58. The number of aromatic amines is 1. The maximum Gasteiger partial charge on any atom is 0.0878 e. The number of H-pyrrole nitrogens is 1. The largest absolute Gasteiger partial charge is 0.360 e. The molecule has 0 saturated heterocycles. The molecule has 2 heteroatoms. The Kier molecular flexibility index (Phi) is 13.6. The molecule has 2 aromatic heterocycles. The lowest BCUT2D eigenvalue weighted by Crippen LogP contribution is -1.68. The first kappa shape index (κ1) is 18.1. The van der Waals surface area contributed by atoms with Gasteiger partial charge in [-0.05, 0) is 24.1 Å². The maximum atomic E-state index is 4.11. The van der Waals surface area contributed by atoms with E-state index in [-0.39, 0.29) is 0 Å². The molecule has 0 spiro atoms. The smallest absolute Gasteiger partial charge is 0.0878 e. The van der Waals surface area contributed by atoms with Gasteiger partial charge in [-0.1, -0.05) is 48.5 Å². The summed E-state index contributed by atoms with van der Waals surface area (Å²) >= 11 is 0. The van der Waals surface area contributed by atoms with Crippen LogP contribution >= 0.6 is 0 Å². The van der Waals surface area contributed by atoms with Crippen molar-refractivity contribution in [3.63, 3.8) is 0 Å². The Balaban J connectivity index is 0. The zero-order valence-corrected chi connectivity index (χ0v) is 12.4. The van der Waals surface area contributed by atoms with E-state index in [1.54, 1.807) is 6.20 Å². The van der Waals surface area contributed by atoms with Crippen LogP contribution in [0.2, 0.25) is 0 Å². The minimum absolute atomic E-state index is 0.833. The number of nitrogens with one attached hydrogen (secondary N) is 1. The summed E-state index contributed by atoms with van der Waals surface area (Å²) < 4.78 is 0. The molecule has 2 nitrogen and oxygen atoms in total. The molecule has 0 saturated carbocycles. The molecule has 0 aromatic carbocycles. The molecule has 98 valence electrons. The Bertz CT molecular complexity index is 317. The van der Waals surface area contributed by atoms with E-state index in [2.05, 4.69) is 30.7 Å². The summed E-state index contributed by atoms with van der Waals surface area (Å²) in [7, 11) is 0. The average Bonchev–Trinajstić information content (AvgIpc) is 2.81. The van der Waals surface area contributed by atoms with E-state index < -0.39 is 0 Å². The number of aromatic nitrogens is 2. The third-order valence-corrected chi connectivity index (χ3v) is 1.32. The molecule has 2 aromatic rings. The number of fused-ring (bicyclic) bond motifs is 1. The summed E-state index contributed by atoms with van der Waals surface area (Å²) in [5, 5.41) is 0. The third-order valence-electron chi connectivity index (χ3n) is 1.32. The fraction of sp³-hybridized carbons (Fsp3) is 0.533. The van der Waals surface area contributed by atoms with Crippen LogP contribution in [0.25, 0.3) is 11.0 Å². The second kappa shape index (κ2) is 12.8. The van der Waals surface area contributed by atoms with Gasteiger partial charge in [0.05, 0.1) is 11.0 Å². The van der Waals surface area contributed by atoms with Gasteiger partial charge in [-0.15, -0.1) is 0 Å². The van der Waals surface area contributed by atoms with Crippen LogP contribution in [0.4, 0.5) is 0 Å². The number of rotatable bonds is 0. The second-order valence-electron chi connectivity index (χ2n) is 3.65. The van der Waals surface area contributed by atoms with Crippen molar-refractivity contribution in [2.75, 3.05) is 0 Å². The first-order chi connectivity index (χ1) is 8.20. The van der Waals surface area contributed by atoms with Gasteiger partial charge in [0.15, 0.2) is 0 Å². The van der Waals surface area contributed by atoms with Crippen LogP contribution in [0, 0.1) is 5.92 Å². The summed E-state index contributed by atoms with van der Waals surface area (Å²) in [4.78, 5) is 7.17. The van der Waals surface area contributed by atoms with Gasteiger partial charge in [0, 0.05) is 12.4 Å².